The maximum absolute atomic E-state index is 14.0. The first-order valence-electron chi connectivity index (χ1n) is 16.7. The number of hydrogen-bond donors (Lipinski definition) is 1. The molecule has 1 unspecified atom stereocenters. The van der Waals surface area contributed by atoms with Crippen LogP contribution >= 0.6 is 0 Å². The number of carbonyl (C=O) groups excluding carboxylic acids is 2. The van der Waals surface area contributed by atoms with Crippen LogP contribution in [0.1, 0.15) is 88.1 Å². The van der Waals surface area contributed by atoms with E-state index in [1.54, 1.807) is 29.2 Å². The fraction of sp³-hybridized carbons (Fsp3) is 0.421. The first kappa shape index (κ1) is 37.4. The van der Waals surface area contributed by atoms with Gasteiger partial charge in [0, 0.05) is 29.8 Å². The summed E-state index contributed by atoms with van der Waals surface area (Å²) in [4.78, 5) is 27.7. The zero-order chi connectivity index (χ0) is 35.4. The second-order valence-corrected chi connectivity index (χ2v) is 13.9. The van der Waals surface area contributed by atoms with Gasteiger partial charge in [-0.15, -0.1) is 0 Å². The lowest BCUT2D eigenvalue weighted by molar-refractivity contribution is -0.147. The van der Waals surface area contributed by atoms with Crippen molar-refractivity contribution in [3.8, 4) is 23.3 Å². The van der Waals surface area contributed by atoms with E-state index in [9.17, 15) is 22.4 Å². The lowest BCUT2D eigenvalue weighted by Crippen LogP contribution is -2.55. The fourth-order valence-electron chi connectivity index (χ4n) is 5.63. The van der Waals surface area contributed by atoms with E-state index >= 15 is 0 Å². The minimum Gasteiger partial charge on any atom is -0.493 e. The molecular weight excluding hydrogens is 647 g/mol. The van der Waals surface area contributed by atoms with Crippen molar-refractivity contribution in [2.45, 2.75) is 71.4 Å². The molecule has 1 fully saturated rings. The number of nitrogens with one attached hydrogen (secondary N) is 1. The molecule has 3 atom stereocenters. The van der Waals surface area contributed by atoms with Crippen molar-refractivity contribution in [2.75, 3.05) is 30.9 Å². The van der Waals surface area contributed by atoms with E-state index in [-0.39, 0.29) is 12.5 Å². The highest BCUT2D eigenvalue weighted by Gasteiger charge is 2.49. The van der Waals surface area contributed by atoms with Gasteiger partial charge in [-0.1, -0.05) is 50.7 Å². The molecule has 0 aliphatic carbocycles. The predicted molar refractivity (Wildman–Crippen MR) is 187 cm³/mol. The van der Waals surface area contributed by atoms with Gasteiger partial charge in [0.2, 0.25) is 15.9 Å². The molecule has 262 valence electrons. The number of hydrogen-bond acceptors (Lipinski definition) is 7. The molecule has 3 aromatic carbocycles. The third-order valence-electron chi connectivity index (χ3n) is 8.13. The van der Waals surface area contributed by atoms with E-state index in [4.69, 9.17) is 14.2 Å². The Hall–Kier alpha value is -4.40. The molecule has 11 heteroatoms. The van der Waals surface area contributed by atoms with Gasteiger partial charge in [-0.05, 0) is 79.8 Å². The van der Waals surface area contributed by atoms with E-state index in [0.717, 1.165) is 37.5 Å². The summed E-state index contributed by atoms with van der Waals surface area (Å²) in [6, 6.07) is 18.4. The standard InChI is InChI=1S/C38H45FN2O7S/c1-5-7-24-46-32-19-20-33(36(26-32)47-25-8-6-2)37-34(21-22-35(48-27(3)42)29-13-15-30(39)16-14-29)38(43)41(37)31-17-11-28(12-18-31)10-9-23-40-49(4,44)45/h11-20,26,34-35,37,40H,5-8,21-25H2,1-4H3/t34?,35-,37+/m0/s1. The molecule has 0 aromatic heterocycles. The molecule has 1 amide bonds. The summed E-state index contributed by atoms with van der Waals surface area (Å²) in [5.41, 5.74) is 2.83. The number of β-lactam (4-membered cyclic amide) rings is 1. The van der Waals surface area contributed by atoms with E-state index in [0.29, 0.717) is 54.4 Å². The number of ether oxygens (including phenoxy) is 3. The van der Waals surface area contributed by atoms with E-state index < -0.39 is 39.9 Å². The van der Waals surface area contributed by atoms with Crippen LogP contribution in [0.3, 0.4) is 0 Å². The molecule has 1 aliphatic rings. The molecule has 0 bridgehead atoms. The van der Waals surface area contributed by atoms with Gasteiger partial charge < -0.3 is 19.1 Å². The minimum atomic E-state index is -3.34. The highest BCUT2D eigenvalue weighted by Crippen LogP contribution is 2.49. The molecule has 0 radical (unpaired) electrons. The molecule has 1 aliphatic heterocycles. The number of amides is 1. The number of esters is 1. The highest BCUT2D eigenvalue weighted by atomic mass is 32.2. The Morgan fingerprint density at radius 2 is 1.65 bits per heavy atom. The number of rotatable bonds is 17. The lowest BCUT2D eigenvalue weighted by Gasteiger charge is -2.48. The van der Waals surface area contributed by atoms with Crippen LogP contribution in [-0.2, 0) is 24.3 Å². The van der Waals surface area contributed by atoms with Crippen LogP contribution in [0.15, 0.2) is 66.7 Å². The van der Waals surface area contributed by atoms with Crippen LogP contribution in [0, 0.1) is 23.6 Å². The van der Waals surface area contributed by atoms with Crippen molar-refractivity contribution in [1.29, 1.82) is 0 Å². The number of sulfonamides is 1. The zero-order valence-corrected chi connectivity index (χ0v) is 29.4. The number of carbonyl (C=O) groups is 2. The Kier molecular flexibility index (Phi) is 13.6. The van der Waals surface area contributed by atoms with Gasteiger partial charge in [0.25, 0.3) is 0 Å². The molecular formula is C38H45FN2O7S. The van der Waals surface area contributed by atoms with E-state index in [1.807, 2.05) is 30.3 Å². The van der Waals surface area contributed by atoms with E-state index in [1.165, 1.54) is 19.1 Å². The summed E-state index contributed by atoms with van der Waals surface area (Å²) >= 11 is 0. The maximum atomic E-state index is 14.0. The largest absolute Gasteiger partial charge is 0.493 e. The topological polar surface area (TPSA) is 111 Å². The van der Waals surface area contributed by atoms with Crippen LogP contribution in [-0.4, -0.2) is 46.3 Å². The second-order valence-electron chi connectivity index (χ2n) is 12.0. The number of unbranched alkanes of at least 4 members (excludes halogenated alkanes) is 2. The molecule has 1 heterocycles. The average molecular weight is 693 g/mol. The van der Waals surface area contributed by atoms with Gasteiger partial charge in [0.05, 0.1) is 38.0 Å². The van der Waals surface area contributed by atoms with Crippen molar-refractivity contribution in [1.82, 2.24) is 4.72 Å². The van der Waals surface area contributed by atoms with Gasteiger partial charge in [-0.2, -0.15) is 0 Å². The van der Waals surface area contributed by atoms with Crippen molar-refractivity contribution < 1.29 is 36.6 Å². The third kappa shape index (κ3) is 10.8. The van der Waals surface area contributed by atoms with E-state index in [2.05, 4.69) is 30.4 Å². The molecule has 3 aromatic rings. The third-order valence-corrected chi connectivity index (χ3v) is 8.80. The molecule has 0 spiro atoms. The van der Waals surface area contributed by atoms with Crippen LogP contribution in [0.5, 0.6) is 11.5 Å². The summed E-state index contributed by atoms with van der Waals surface area (Å²) < 4.78 is 56.6. The Morgan fingerprint density at radius 1 is 0.980 bits per heavy atom. The molecule has 0 saturated carbocycles. The SMILES string of the molecule is CCCCOc1ccc([C@@H]2C(CC[C@H](OC(C)=O)c3ccc(F)cc3)C(=O)N2c2ccc(C#CCNS(C)(=O)=O)cc2)c(OCCCC)c1. The van der Waals surface area contributed by atoms with Crippen molar-refractivity contribution >= 4 is 27.6 Å². The lowest BCUT2D eigenvalue weighted by atomic mass is 9.77. The highest BCUT2D eigenvalue weighted by molar-refractivity contribution is 7.88. The Balaban J connectivity index is 1.66. The first-order chi connectivity index (χ1) is 23.5. The molecule has 4 rings (SSSR count). The average Bonchev–Trinajstić information content (AvgIpc) is 3.06. The van der Waals surface area contributed by atoms with Gasteiger partial charge in [-0.3, -0.25) is 9.59 Å². The molecule has 9 nitrogen and oxygen atoms in total. The summed E-state index contributed by atoms with van der Waals surface area (Å²) in [5.74, 6) is 5.65. The number of nitrogens with zero attached hydrogens (tertiary/aromatic N) is 1. The van der Waals surface area contributed by atoms with Gasteiger partial charge in [-0.25, -0.2) is 17.5 Å². The van der Waals surface area contributed by atoms with Crippen LogP contribution < -0.4 is 19.1 Å². The Bertz CT molecular complexity index is 1730. The Morgan fingerprint density at radius 3 is 2.29 bits per heavy atom. The summed E-state index contributed by atoms with van der Waals surface area (Å²) in [6.07, 6.45) is 4.93. The predicted octanol–water partition coefficient (Wildman–Crippen LogP) is 6.87. The molecule has 49 heavy (non-hydrogen) atoms. The molecule has 1 saturated heterocycles. The van der Waals surface area contributed by atoms with Crippen molar-refractivity contribution in [3.05, 3.63) is 89.2 Å². The van der Waals surface area contributed by atoms with Crippen molar-refractivity contribution in [3.63, 3.8) is 0 Å². The Labute approximate surface area is 289 Å². The summed E-state index contributed by atoms with van der Waals surface area (Å²) in [7, 11) is -3.34. The van der Waals surface area contributed by atoms with Crippen LogP contribution in [0.25, 0.3) is 0 Å². The number of anilines is 1. The van der Waals surface area contributed by atoms with Gasteiger partial charge in [0.1, 0.15) is 23.4 Å². The van der Waals surface area contributed by atoms with Gasteiger partial charge in [0.15, 0.2) is 0 Å². The monoisotopic (exact) mass is 692 g/mol. The fourth-order valence-corrected chi connectivity index (χ4v) is 5.96. The second kappa shape index (κ2) is 17.8. The summed E-state index contributed by atoms with van der Waals surface area (Å²) in [5, 5.41) is 0. The number of halogens is 1. The number of benzene rings is 3. The molecule has 1 N–H and O–H groups in total. The van der Waals surface area contributed by atoms with Gasteiger partial charge >= 0.3 is 5.97 Å². The smallest absolute Gasteiger partial charge is 0.303 e. The van der Waals surface area contributed by atoms with Crippen molar-refractivity contribution in [2.24, 2.45) is 5.92 Å². The normalized spacial score (nSPS) is 16.3. The summed E-state index contributed by atoms with van der Waals surface area (Å²) in [6.45, 7) is 6.60. The zero-order valence-electron chi connectivity index (χ0n) is 28.5. The minimum absolute atomic E-state index is 0.0137. The van der Waals surface area contributed by atoms with Crippen LogP contribution in [0.4, 0.5) is 10.1 Å². The maximum Gasteiger partial charge on any atom is 0.303 e. The first-order valence-corrected chi connectivity index (χ1v) is 18.6. The quantitative estimate of drug-likeness (QED) is 0.0711. The van der Waals surface area contributed by atoms with Crippen LogP contribution in [0.2, 0.25) is 0 Å².